The van der Waals surface area contributed by atoms with Crippen LogP contribution in [0.5, 0.6) is 0 Å². The van der Waals surface area contributed by atoms with Crippen molar-refractivity contribution in [2.24, 2.45) is 5.92 Å². The van der Waals surface area contributed by atoms with E-state index in [1.165, 1.54) is 5.56 Å². The summed E-state index contributed by atoms with van der Waals surface area (Å²) in [5.74, 6) is 0.0150. The van der Waals surface area contributed by atoms with Crippen LogP contribution in [0.2, 0.25) is 0 Å². The van der Waals surface area contributed by atoms with Crippen LogP contribution in [0, 0.1) is 12.8 Å². The summed E-state index contributed by atoms with van der Waals surface area (Å²) in [6, 6.07) is 18.4. The Morgan fingerprint density at radius 1 is 1.07 bits per heavy atom. The number of rotatable bonds is 4. The van der Waals surface area contributed by atoms with Crippen LogP contribution < -0.4 is 0 Å². The third-order valence-corrected chi connectivity index (χ3v) is 5.40. The van der Waals surface area contributed by atoms with Gasteiger partial charge in [0.05, 0.1) is 12.0 Å². The highest BCUT2D eigenvalue weighted by molar-refractivity contribution is 5.81. The summed E-state index contributed by atoms with van der Waals surface area (Å²) in [6.07, 6.45) is 1.62. The van der Waals surface area contributed by atoms with Crippen LogP contribution in [-0.2, 0) is 16.1 Å². The second kappa shape index (κ2) is 8.38. The molecule has 2 atom stereocenters. The Labute approximate surface area is 161 Å². The quantitative estimate of drug-likeness (QED) is 0.824. The average molecular weight is 364 g/mol. The minimum absolute atomic E-state index is 0.0321. The third-order valence-electron chi connectivity index (χ3n) is 5.40. The van der Waals surface area contributed by atoms with Gasteiger partial charge in [-0.15, -0.1) is 0 Å². The number of amides is 2. The van der Waals surface area contributed by atoms with E-state index in [9.17, 15) is 9.59 Å². The molecule has 0 N–H and O–H groups in total. The zero-order chi connectivity index (χ0) is 19.4. The normalized spacial score (nSPS) is 19.6. The number of aryl methyl sites for hydroxylation is 1. The summed E-state index contributed by atoms with van der Waals surface area (Å²) in [4.78, 5) is 28.9. The van der Waals surface area contributed by atoms with E-state index in [0.717, 1.165) is 24.0 Å². The molecule has 0 bridgehead atoms. The fraction of sp³-hybridized carbons (Fsp3) is 0.391. The van der Waals surface area contributed by atoms with Crippen LogP contribution in [0.1, 0.15) is 42.5 Å². The summed E-state index contributed by atoms with van der Waals surface area (Å²) in [5, 5.41) is 0. The molecule has 1 fully saturated rings. The summed E-state index contributed by atoms with van der Waals surface area (Å²) in [7, 11) is 1.85. The van der Waals surface area contributed by atoms with Crippen LogP contribution in [0.4, 0.5) is 0 Å². The summed E-state index contributed by atoms with van der Waals surface area (Å²) >= 11 is 0. The van der Waals surface area contributed by atoms with Crippen LogP contribution in [-0.4, -0.2) is 35.2 Å². The highest BCUT2D eigenvalue weighted by atomic mass is 16.2. The highest BCUT2D eigenvalue weighted by Crippen LogP contribution is 2.34. The van der Waals surface area contributed by atoms with Gasteiger partial charge < -0.3 is 9.80 Å². The third kappa shape index (κ3) is 4.57. The number of likely N-dealkylation sites (tertiary alicyclic amines) is 1. The predicted molar refractivity (Wildman–Crippen MR) is 107 cm³/mol. The summed E-state index contributed by atoms with van der Waals surface area (Å²) in [6.45, 7) is 4.75. The van der Waals surface area contributed by atoms with E-state index in [1.807, 2.05) is 48.3 Å². The molecule has 2 aromatic rings. The molecule has 1 saturated heterocycles. The summed E-state index contributed by atoms with van der Waals surface area (Å²) < 4.78 is 0. The zero-order valence-electron chi connectivity index (χ0n) is 16.4. The molecule has 0 spiro atoms. The number of piperidine rings is 1. The Hall–Kier alpha value is -2.62. The minimum Gasteiger partial charge on any atom is -0.341 e. The molecule has 3 rings (SSSR count). The van der Waals surface area contributed by atoms with Crippen molar-refractivity contribution < 1.29 is 9.59 Å². The number of hydrogen-bond acceptors (Lipinski definition) is 2. The maximum absolute atomic E-state index is 13.0. The lowest BCUT2D eigenvalue weighted by Crippen LogP contribution is -2.46. The predicted octanol–water partition coefficient (Wildman–Crippen LogP) is 3.95. The number of nitrogens with zero attached hydrogens (tertiary/aromatic N) is 2. The Morgan fingerprint density at radius 2 is 1.81 bits per heavy atom. The van der Waals surface area contributed by atoms with Crippen LogP contribution in [0.25, 0.3) is 0 Å². The Bertz CT molecular complexity index is 803. The van der Waals surface area contributed by atoms with Gasteiger partial charge in [-0.05, 0) is 30.9 Å². The van der Waals surface area contributed by atoms with E-state index < -0.39 is 0 Å². The van der Waals surface area contributed by atoms with Crippen molar-refractivity contribution in [2.75, 3.05) is 13.6 Å². The van der Waals surface area contributed by atoms with Crippen molar-refractivity contribution in [3.63, 3.8) is 0 Å². The minimum atomic E-state index is -0.135. The average Bonchev–Trinajstić information content (AvgIpc) is 2.67. The van der Waals surface area contributed by atoms with Gasteiger partial charge in [-0.2, -0.15) is 0 Å². The SMILES string of the molecule is CC(=O)N1CC(C(=O)N(C)Cc2ccccc2)CCC1c1cccc(C)c1. The lowest BCUT2D eigenvalue weighted by Gasteiger charge is -2.40. The van der Waals surface area contributed by atoms with Crippen molar-refractivity contribution in [3.05, 3.63) is 71.3 Å². The number of hydrogen-bond donors (Lipinski definition) is 0. The first-order valence-corrected chi connectivity index (χ1v) is 9.58. The molecule has 4 heteroatoms. The van der Waals surface area contributed by atoms with Gasteiger partial charge in [-0.3, -0.25) is 9.59 Å². The molecule has 0 radical (unpaired) electrons. The van der Waals surface area contributed by atoms with Crippen molar-refractivity contribution in [1.29, 1.82) is 0 Å². The molecule has 0 aliphatic carbocycles. The first-order chi connectivity index (χ1) is 13.0. The molecule has 2 amide bonds. The first-order valence-electron chi connectivity index (χ1n) is 9.58. The summed E-state index contributed by atoms with van der Waals surface area (Å²) in [5.41, 5.74) is 3.47. The highest BCUT2D eigenvalue weighted by Gasteiger charge is 2.35. The van der Waals surface area contributed by atoms with Gasteiger partial charge in [0.25, 0.3) is 0 Å². The topological polar surface area (TPSA) is 40.6 Å². The zero-order valence-corrected chi connectivity index (χ0v) is 16.4. The van der Waals surface area contributed by atoms with E-state index in [1.54, 1.807) is 11.8 Å². The van der Waals surface area contributed by atoms with E-state index in [-0.39, 0.29) is 23.8 Å². The fourth-order valence-electron chi connectivity index (χ4n) is 3.99. The van der Waals surface area contributed by atoms with Gasteiger partial charge in [0.2, 0.25) is 11.8 Å². The van der Waals surface area contributed by atoms with E-state index in [0.29, 0.717) is 13.1 Å². The monoisotopic (exact) mass is 364 g/mol. The van der Waals surface area contributed by atoms with Crippen molar-refractivity contribution in [1.82, 2.24) is 9.80 Å². The molecule has 142 valence electrons. The molecule has 0 aromatic heterocycles. The standard InChI is InChI=1S/C23H28N2O2/c1-17-8-7-11-20(14-17)22-13-12-21(16-25(22)18(2)26)23(27)24(3)15-19-9-5-4-6-10-19/h4-11,14,21-22H,12-13,15-16H2,1-3H3. The Kier molecular flexibility index (Phi) is 5.94. The molecule has 1 aliphatic rings. The van der Waals surface area contributed by atoms with Gasteiger partial charge in [0, 0.05) is 27.1 Å². The lowest BCUT2D eigenvalue weighted by molar-refractivity contribution is -0.141. The molecular formula is C23H28N2O2. The number of carbonyl (C=O) groups excluding carboxylic acids is 2. The largest absolute Gasteiger partial charge is 0.341 e. The van der Waals surface area contributed by atoms with Gasteiger partial charge in [-0.1, -0.05) is 60.2 Å². The lowest BCUT2D eigenvalue weighted by atomic mass is 9.87. The maximum Gasteiger partial charge on any atom is 0.227 e. The first kappa shape index (κ1) is 19.2. The number of benzene rings is 2. The van der Waals surface area contributed by atoms with Crippen molar-refractivity contribution in [2.45, 2.75) is 39.3 Å². The molecule has 27 heavy (non-hydrogen) atoms. The molecular weight excluding hydrogens is 336 g/mol. The van der Waals surface area contributed by atoms with Crippen molar-refractivity contribution >= 4 is 11.8 Å². The van der Waals surface area contributed by atoms with Crippen LogP contribution in [0.3, 0.4) is 0 Å². The van der Waals surface area contributed by atoms with E-state index in [2.05, 4.69) is 25.1 Å². The Morgan fingerprint density at radius 3 is 2.48 bits per heavy atom. The molecule has 2 unspecified atom stereocenters. The molecule has 0 saturated carbocycles. The van der Waals surface area contributed by atoms with E-state index >= 15 is 0 Å². The molecule has 1 aliphatic heterocycles. The van der Waals surface area contributed by atoms with Gasteiger partial charge in [-0.25, -0.2) is 0 Å². The molecule has 4 nitrogen and oxygen atoms in total. The van der Waals surface area contributed by atoms with Gasteiger partial charge in [0.1, 0.15) is 0 Å². The van der Waals surface area contributed by atoms with Crippen LogP contribution in [0.15, 0.2) is 54.6 Å². The van der Waals surface area contributed by atoms with Gasteiger partial charge >= 0.3 is 0 Å². The molecule has 2 aromatic carbocycles. The molecule has 1 heterocycles. The number of carbonyl (C=O) groups is 2. The van der Waals surface area contributed by atoms with Gasteiger partial charge in [0.15, 0.2) is 0 Å². The smallest absolute Gasteiger partial charge is 0.227 e. The Balaban J connectivity index is 1.70. The van der Waals surface area contributed by atoms with E-state index in [4.69, 9.17) is 0 Å². The second-order valence-electron chi connectivity index (χ2n) is 7.56. The maximum atomic E-state index is 13.0. The fourth-order valence-corrected chi connectivity index (χ4v) is 3.99. The van der Waals surface area contributed by atoms with Crippen LogP contribution >= 0.6 is 0 Å². The second-order valence-corrected chi connectivity index (χ2v) is 7.56. The van der Waals surface area contributed by atoms with Crippen molar-refractivity contribution in [3.8, 4) is 0 Å².